The van der Waals surface area contributed by atoms with Crippen LogP contribution >= 0.6 is 11.6 Å². The van der Waals surface area contributed by atoms with Crippen LogP contribution in [0.3, 0.4) is 0 Å². The molecule has 6 nitrogen and oxygen atoms in total. The number of hydrogen-bond acceptors (Lipinski definition) is 5. The fourth-order valence-electron chi connectivity index (χ4n) is 2.72. The molecule has 21 heavy (non-hydrogen) atoms. The van der Waals surface area contributed by atoms with Crippen molar-refractivity contribution in [2.24, 2.45) is 0 Å². The molecule has 3 heterocycles. The van der Waals surface area contributed by atoms with Gasteiger partial charge in [-0.1, -0.05) is 0 Å². The minimum atomic E-state index is -0.215. The van der Waals surface area contributed by atoms with Gasteiger partial charge in [0.25, 0.3) is 0 Å². The predicted molar refractivity (Wildman–Crippen MR) is 79.7 cm³/mol. The van der Waals surface area contributed by atoms with Crippen molar-refractivity contribution in [3.05, 3.63) is 12.2 Å². The lowest BCUT2D eigenvalue weighted by atomic mass is 10.1. The van der Waals surface area contributed by atoms with Gasteiger partial charge in [0.15, 0.2) is 11.2 Å². The maximum absolute atomic E-state index is 6.28. The van der Waals surface area contributed by atoms with Crippen LogP contribution in [0.1, 0.15) is 37.4 Å². The molecular weight excluding hydrogens is 292 g/mol. The molecule has 0 N–H and O–H groups in total. The van der Waals surface area contributed by atoms with Gasteiger partial charge >= 0.3 is 0 Å². The first kappa shape index (κ1) is 14.5. The van der Waals surface area contributed by atoms with Crippen molar-refractivity contribution < 1.29 is 9.47 Å². The second-order valence-electron chi connectivity index (χ2n) is 5.24. The summed E-state index contributed by atoms with van der Waals surface area (Å²) in [6.07, 6.45) is 5.06. The molecule has 1 aliphatic heterocycles. The number of methoxy groups -OCH3 is 1. The molecule has 0 radical (unpaired) electrons. The first-order valence-corrected chi connectivity index (χ1v) is 7.65. The molecule has 0 amide bonds. The van der Waals surface area contributed by atoms with E-state index in [9.17, 15) is 0 Å². The van der Waals surface area contributed by atoms with E-state index < -0.39 is 0 Å². The smallest absolute Gasteiger partial charge is 0.245 e. The van der Waals surface area contributed by atoms with Crippen molar-refractivity contribution in [1.82, 2.24) is 19.5 Å². The van der Waals surface area contributed by atoms with Gasteiger partial charge in [-0.3, -0.25) is 0 Å². The third-order valence-corrected chi connectivity index (χ3v) is 3.93. The second-order valence-corrected chi connectivity index (χ2v) is 5.90. The summed E-state index contributed by atoms with van der Waals surface area (Å²) in [6, 6.07) is 0. The highest BCUT2D eigenvalue weighted by molar-refractivity contribution is 6.20. The summed E-state index contributed by atoms with van der Waals surface area (Å²) in [5, 5.41) is -0.215. The average molecular weight is 311 g/mol. The highest BCUT2D eigenvalue weighted by Crippen LogP contribution is 2.28. The third-order valence-electron chi connectivity index (χ3n) is 3.74. The number of rotatable bonds is 4. The van der Waals surface area contributed by atoms with Crippen LogP contribution in [-0.2, 0) is 11.3 Å². The van der Waals surface area contributed by atoms with Gasteiger partial charge in [0.05, 0.1) is 25.1 Å². The van der Waals surface area contributed by atoms with Crippen LogP contribution in [0.2, 0.25) is 0 Å². The molecule has 7 heteroatoms. The van der Waals surface area contributed by atoms with E-state index in [4.69, 9.17) is 21.1 Å². The molecule has 2 aromatic rings. The van der Waals surface area contributed by atoms with Crippen LogP contribution in [0.15, 0.2) is 6.33 Å². The molecule has 0 bridgehead atoms. The fourth-order valence-corrected chi connectivity index (χ4v) is 2.89. The van der Waals surface area contributed by atoms with Crippen LogP contribution in [0.4, 0.5) is 0 Å². The van der Waals surface area contributed by atoms with E-state index in [2.05, 4.69) is 15.0 Å². The average Bonchev–Trinajstić information content (AvgIpc) is 2.87. The normalized spacial score (nSPS) is 20.6. The van der Waals surface area contributed by atoms with Crippen molar-refractivity contribution in [2.75, 3.05) is 13.7 Å². The Labute approximate surface area is 128 Å². The highest BCUT2D eigenvalue weighted by Gasteiger charge is 2.23. The third kappa shape index (κ3) is 2.82. The summed E-state index contributed by atoms with van der Waals surface area (Å²) in [7, 11) is 1.58. The molecule has 114 valence electrons. The van der Waals surface area contributed by atoms with Crippen LogP contribution in [0.5, 0.6) is 5.88 Å². The van der Waals surface area contributed by atoms with Gasteiger partial charge in [0.2, 0.25) is 5.88 Å². The van der Waals surface area contributed by atoms with Crippen molar-refractivity contribution >= 4 is 22.8 Å². The summed E-state index contributed by atoms with van der Waals surface area (Å²) in [5.74, 6) is 1.25. The van der Waals surface area contributed by atoms with Crippen LogP contribution in [0.25, 0.3) is 11.2 Å². The van der Waals surface area contributed by atoms with Gasteiger partial charge in [-0.25, -0.2) is 9.97 Å². The topological polar surface area (TPSA) is 62.1 Å². The minimum absolute atomic E-state index is 0.186. The number of alkyl halides is 1. The fraction of sp³-hybridized carbons (Fsp3) is 0.643. The Morgan fingerprint density at radius 2 is 2.33 bits per heavy atom. The molecule has 2 unspecified atom stereocenters. The van der Waals surface area contributed by atoms with E-state index in [-0.39, 0.29) is 11.5 Å². The lowest BCUT2D eigenvalue weighted by molar-refractivity contribution is 0.00610. The maximum atomic E-state index is 6.28. The Kier molecular flexibility index (Phi) is 4.26. The van der Waals surface area contributed by atoms with Gasteiger partial charge in [0, 0.05) is 6.61 Å². The number of ether oxygens (including phenoxy) is 2. The zero-order valence-electron chi connectivity index (χ0n) is 12.3. The number of imidazole rings is 1. The van der Waals surface area contributed by atoms with E-state index in [0.29, 0.717) is 17.9 Å². The van der Waals surface area contributed by atoms with E-state index in [1.54, 1.807) is 7.11 Å². The molecule has 0 saturated carbocycles. The van der Waals surface area contributed by atoms with Crippen molar-refractivity contribution in [3.8, 4) is 5.88 Å². The largest absolute Gasteiger partial charge is 0.479 e. The molecule has 0 aromatic carbocycles. The molecule has 0 spiro atoms. The molecule has 1 saturated heterocycles. The number of nitrogens with zero attached hydrogens (tertiary/aromatic N) is 4. The Morgan fingerprint density at radius 1 is 1.48 bits per heavy atom. The van der Waals surface area contributed by atoms with E-state index in [0.717, 1.165) is 30.9 Å². The standard InChI is InChI=1S/C14H19ClN4O2/c1-9(15)12-18-11-13(16-8-17-14(11)20-2)19(12)7-10-5-3-4-6-21-10/h8-10H,3-7H2,1-2H3. The quantitative estimate of drug-likeness (QED) is 0.813. The highest BCUT2D eigenvalue weighted by atomic mass is 35.5. The number of fused-ring (bicyclic) bond motifs is 1. The number of hydrogen-bond donors (Lipinski definition) is 0. The van der Waals surface area contributed by atoms with Crippen LogP contribution < -0.4 is 4.74 Å². The summed E-state index contributed by atoms with van der Waals surface area (Å²) < 4.78 is 13.1. The SMILES string of the molecule is COc1ncnc2c1nc(C(C)Cl)n2CC1CCCCO1. The van der Waals surface area contributed by atoms with E-state index in [1.807, 2.05) is 11.5 Å². The summed E-state index contributed by atoms with van der Waals surface area (Å²) >= 11 is 6.28. The van der Waals surface area contributed by atoms with E-state index >= 15 is 0 Å². The lowest BCUT2D eigenvalue weighted by Crippen LogP contribution is -2.25. The van der Waals surface area contributed by atoms with Crippen LogP contribution in [0, 0.1) is 0 Å². The molecule has 2 aromatic heterocycles. The molecular formula is C14H19ClN4O2. The predicted octanol–water partition coefficient (Wildman–Crippen LogP) is 2.70. The Bertz CT molecular complexity index is 623. The molecule has 1 aliphatic rings. The van der Waals surface area contributed by atoms with Crippen molar-refractivity contribution in [3.63, 3.8) is 0 Å². The zero-order chi connectivity index (χ0) is 14.8. The van der Waals surface area contributed by atoms with Gasteiger partial charge in [-0.05, 0) is 26.2 Å². The zero-order valence-corrected chi connectivity index (χ0v) is 13.0. The van der Waals surface area contributed by atoms with E-state index in [1.165, 1.54) is 12.7 Å². The lowest BCUT2D eigenvalue weighted by Gasteiger charge is -2.24. The Morgan fingerprint density at radius 3 is 3.00 bits per heavy atom. The first-order chi connectivity index (χ1) is 10.2. The number of aromatic nitrogens is 4. The maximum Gasteiger partial charge on any atom is 0.245 e. The van der Waals surface area contributed by atoms with Crippen molar-refractivity contribution in [1.29, 1.82) is 0 Å². The molecule has 3 rings (SSSR count). The summed E-state index contributed by atoms with van der Waals surface area (Å²) in [6.45, 7) is 3.44. The summed E-state index contributed by atoms with van der Waals surface area (Å²) in [5.41, 5.74) is 1.40. The molecule has 1 fully saturated rings. The van der Waals surface area contributed by atoms with Gasteiger partial charge in [0.1, 0.15) is 12.2 Å². The monoisotopic (exact) mass is 310 g/mol. The van der Waals surface area contributed by atoms with Gasteiger partial charge in [-0.15, -0.1) is 11.6 Å². The number of halogens is 1. The van der Waals surface area contributed by atoms with Gasteiger partial charge < -0.3 is 14.0 Å². The Balaban J connectivity index is 2.03. The van der Waals surface area contributed by atoms with Crippen LogP contribution in [-0.4, -0.2) is 39.3 Å². The molecule has 2 atom stereocenters. The first-order valence-electron chi connectivity index (χ1n) is 7.21. The van der Waals surface area contributed by atoms with Crippen molar-refractivity contribution in [2.45, 2.75) is 44.2 Å². The van der Waals surface area contributed by atoms with Gasteiger partial charge in [-0.2, -0.15) is 4.98 Å². The summed E-state index contributed by atoms with van der Waals surface area (Å²) in [4.78, 5) is 13.0. The second kappa shape index (κ2) is 6.15. The Hall–Kier alpha value is -1.40. The molecule has 0 aliphatic carbocycles. The minimum Gasteiger partial charge on any atom is -0.479 e.